The first-order chi connectivity index (χ1) is 13.6. The minimum absolute atomic E-state index is 0.150. The molecule has 1 amide bonds. The van der Waals surface area contributed by atoms with Crippen molar-refractivity contribution in [3.63, 3.8) is 0 Å². The van der Waals surface area contributed by atoms with Crippen molar-refractivity contribution in [1.82, 2.24) is 25.0 Å². The van der Waals surface area contributed by atoms with E-state index in [-0.39, 0.29) is 11.7 Å². The number of nitrogens with one attached hydrogen (secondary N) is 1. The molecule has 0 saturated heterocycles. The quantitative estimate of drug-likeness (QED) is 0.465. The maximum absolute atomic E-state index is 12.1. The third-order valence-electron chi connectivity index (χ3n) is 4.05. The molecule has 4 rings (SSSR count). The summed E-state index contributed by atoms with van der Waals surface area (Å²) >= 11 is 4.32. The third-order valence-corrected chi connectivity index (χ3v) is 6.59. The molecule has 0 unspecified atom stereocenters. The zero-order valence-corrected chi connectivity index (χ0v) is 17.6. The molecule has 0 aliphatic heterocycles. The number of carbonyl (C=O) groups is 1. The van der Waals surface area contributed by atoms with E-state index in [2.05, 4.69) is 50.1 Å². The Bertz CT molecular complexity index is 1090. The van der Waals surface area contributed by atoms with Crippen LogP contribution in [0.5, 0.6) is 0 Å². The molecular formula is C18H16N6OS3. The predicted octanol–water partition coefficient (Wildman–Crippen LogP) is 4.10. The molecule has 0 radical (unpaired) electrons. The van der Waals surface area contributed by atoms with Gasteiger partial charge in [0.05, 0.1) is 5.75 Å². The molecule has 0 atom stereocenters. The minimum atomic E-state index is -0.150. The fourth-order valence-corrected chi connectivity index (χ4v) is 4.81. The molecule has 1 N–H and O–H groups in total. The first kappa shape index (κ1) is 18.8. The number of rotatable bonds is 6. The van der Waals surface area contributed by atoms with Crippen LogP contribution in [0.15, 0.2) is 46.4 Å². The van der Waals surface area contributed by atoms with Crippen molar-refractivity contribution in [3.05, 3.63) is 46.1 Å². The van der Waals surface area contributed by atoms with E-state index in [0.29, 0.717) is 10.3 Å². The van der Waals surface area contributed by atoms with Gasteiger partial charge in [0.2, 0.25) is 11.0 Å². The average molecular weight is 429 g/mol. The molecule has 0 spiro atoms. The lowest BCUT2D eigenvalue weighted by Gasteiger charge is -2.07. The first-order valence-electron chi connectivity index (χ1n) is 8.35. The molecule has 0 aliphatic carbocycles. The Morgan fingerprint density at radius 1 is 1.18 bits per heavy atom. The monoisotopic (exact) mass is 428 g/mol. The van der Waals surface area contributed by atoms with Crippen molar-refractivity contribution in [3.8, 4) is 22.5 Å². The van der Waals surface area contributed by atoms with Crippen molar-refractivity contribution >= 4 is 45.5 Å². The summed E-state index contributed by atoms with van der Waals surface area (Å²) in [6.45, 7) is 2.11. The Morgan fingerprint density at radius 2 is 2.00 bits per heavy atom. The van der Waals surface area contributed by atoms with Gasteiger partial charge in [-0.15, -0.1) is 31.7 Å². The fourth-order valence-electron chi connectivity index (χ4n) is 2.77. The highest BCUT2D eigenvalue weighted by molar-refractivity contribution is 7.99. The highest BCUT2D eigenvalue weighted by atomic mass is 32.2. The SMILES string of the molecule is Cc1scc(-c2nnc(SCC(=O)Nc3nncs3)n2C)c1-c1ccccc1. The minimum Gasteiger partial charge on any atom is -0.305 e. The Hall–Kier alpha value is -2.56. The first-order valence-corrected chi connectivity index (χ1v) is 11.1. The molecule has 4 aromatic rings. The van der Waals surface area contributed by atoms with Crippen LogP contribution in [-0.2, 0) is 11.8 Å². The van der Waals surface area contributed by atoms with Gasteiger partial charge in [-0.3, -0.25) is 10.1 Å². The summed E-state index contributed by atoms with van der Waals surface area (Å²) in [6, 6.07) is 10.3. The Balaban J connectivity index is 1.54. The number of anilines is 1. The van der Waals surface area contributed by atoms with E-state index >= 15 is 0 Å². The Morgan fingerprint density at radius 3 is 2.75 bits per heavy atom. The maximum atomic E-state index is 12.1. The van der Waals surface area contributed by atoms with E-state index < -0.39 is 0 Å². The van der Waals surface area contributed by atoms with Gasteiger partial charge < -0.3 is 4.57 Å². The van der Waals surface area contributed by atoms with Gasteiger partial charge in [-0.1, -0.05) is 53.4 Å². The summed E-state index contributed by atoms with van der Waals surface area (Å²) in [5.74, 6) is 0.859. The summed E-state index contributed by atoms with van der Waals surface area (Å²) in [5, 5.41) is 22.2. The number of carbonyl (C=O) groups excluding carboxylic acids is 1. The van der Waals surface area contributed by atoms with E-state index in [1.807, 2.05) is 29.8 Å². The number of aryl methyl sites for hydroxylation is 1. The molecule has 1 aromatic carbocycles. The molecule has 3 heterocycles. The number of nitrogens with zero attached hydrogens (tertiary/aromatic N) is 5. The van der Waals surface area contributed by atoms with Gasteiger partial charge in [0.25, 0.3) is 0 Å². The second kappa shape index (κ2) is 8.21. The molecule has 142 valence electrons. The summed E-state index contributed by atoms with van der Waals surface area (Å²) in [4.78, 5) is 13.3. The molecule has 10 heteroatoms. The van der Waals surface area contributed by atoms with Gasteiger partial charge in [0, 0.05) is 28.4 Å². The van der Waals surface area contributed by atoms with Crippen LogP contribution in [0.25, 0.3) is 22.5 Å². The molecule has 7 nitrogen and oxygen atoms in total. The smallest absolute Gasteiger partial charge is 0.236 e. The van der Waals surface area contributed by atoms with Gasteiger partial charge in [0.1, 0.15) is 5.51 Å². The topological polar surface area (TPSA) is 85.6 Å². The van der Waals surface area contributed by atoms with Crippen LogP contribution >= 0.6 is 34.4 Å². The number of thiophene rings is 1. The van der Waals surface area contributed by atoms with Crippen LogP contribution in [-0.4, -0.2) is 36.6 Å². The van der Waals surface area contributed by atoms with Crippen LogP contribution < -0.4 is 5.32 Å². The number of hydrogen-bond donors (Lipinski definition) is 1. The van der Waals surface area contributed by atoms with E-state index in [0.717, 1.165) is 17.0 Å². The van der Waals surface area contributed by atoms with Crippen molar-refractivity contribution in [2.45, 2.75) is 12.1 Å². The fraction of sp³-hybridized carbons (Fsp3) is 0.167. The molecule has 0 bridgehead atoms. The highest BCUT2D eigenvalue weighted by Crippen LogP contribution is 2.38. The van der Waals surface area contributed by atoms with E-state index in [4.69, 9.17) is 0 Å². The summed E-state index contributed by atoms with van der Waals surface area (Å²) in [7, 11) is 1.92. The van der Waals surface area contributed by atoms with Crippen LogP contribution in [0.1, 0.15) is 4.88 Å². The molecule has 3 aromatic heterocycles. The predicted molar refractivity (Wildman–Crippen MR) is 114 cm³/mol. The van der Waals surface area contributed by atoms with Gasteiger partial charge in [0.15, 0.2) is 11.0 Å². The molecule has 28 heavy (non-hydrogen) atoms. The van der Waals surface area contributed by atoms with Gasteiger partial charge in [-0.05, 0) is 12.5 Å². The number of benzene rings is 1. The third kappa shape index (κ3) is 3.84. The summed E-state index contributed by atoms with van der Waals surface area (Å²) < 4.78 is 1.93. The van der Waals surface area contributed by atoms with E-state index in [9.17, 15) is 4.79 Å². The summed E-state index contributed by atoms with van der Waals surface area (Å²) in [5.41, 5.74) is 4.95. The highest BCUT2D eigenvalue weighted by Gasteiger charge is 2.19. The lowest BCUT2D eigenvalue weighted by Crippen LogP contribution is -2.14. The Labute approximate surface area is 173 Å². The van der Waals surface area contributed by atoms with Crippen molar-refractivity contribution in [1.29, 1.82) is 0 Å². The number of amides is 1. The second-order valence-corrected chi connectivity index (χ2v) is 8.75. The lowest BCUT2D eigenvalue weighted by atomic mass is 10.0. The zero-order valence-electron chi connectivity index (χ0n) is 15.1. The van der Waals surface area contributed by atoms with Crippen molar-refractivity contribution in [2.75, 3.05) is 11.1 Å². The van der Waals surface area contributed by atoms with Crippen LogP contribution in [0.2, 0.25) is 0 Å². The normalized spacial score (nSPS) is 10.9. The Kier molecular flexibility index (Phi) is 5.51. The van der Waals surface area contributed by atoms with Crippen molar-refractivity contribution < 1.29 is 4.79 Å². The van der Waals surface area contributed by atoms with Crippen LogP contribution in [0, 0.1) is 6.92 Å². The van der Waals surface area contributed by atoms with E-state index in [1.165, 1.54) is 33.5 Å². The average Bonchev–Trinajstić information content (AvgIpc) is 3.42. The largest absolute Gasteiger partial charge is 0.305 e. The maximum Gasteiger partial charge on any atom is 0.236 e. The van der Waals surface area contributed by atoms with E-state index in [1.54, 1.807) is 16.8 Å². The van der Waals surface area contributed by atoms with Crippen LogP contribution in [0.3, 0.4) is 0 Å². The lowest BCUT2D eigenvalue weighted by molar-refractivity contribution is -0.113. The molecule has 0 saturated carbocycles. The number of thioether (sulfide) groups is 1. The standard InChI is InChI=1S/C18H16N6OS3/c1-11-15(12-6-4-3-5-7-12)13(8-26-11)16-21-23-18(24(16)2)27-9-14(25)20-17-22-19-10-28-17/h3-8,10H,9H2,1-2H3,(H,20,22,25). The molecular weight excluding hydrogens is 412 g/mol. The molecule has 0 aliphatic rings. The van der Waals surface area contributed by atoms with Crippen LogP contribution in [0.4, 0.5) is 5.13 Å². The molecule has 0 fully saturated rings. The number of aromatic nitrogens is 5. The zero-order chi connectivity index (χ0) is 19.5. The van der Waals surface area contributed by atoms with Crippen molar-refractivity contribution in [2.24, 2.45) is 7.05 Å². The van der Waals surface area contributed by atoms with Gasteiger partial charge in [-0.25, -0.2) is 0 Å². The second-order valence-electron chi connectivity index (χ2n) is 5.89. The van der Waals surface area contributed by atoms with Gasteiger partial charge in [-0.2, -0.15) is 0 Å². The summed E-state index contributed by atoms with van der Waals surface area (Å²) in [6.07, 6.45) is 0. The van der Waals surface area contributed by atoms with Gasteiger partial charge >= 0.3 is 0 Å². The number of hydrogen-bond acceptors (Lipinski definition) is 8.